The molecule has 0 heterocycles. The van der Waals surface area contributed by atoms with Crippen LogP contribution in [0.3, 0.4) is 0 Å². The first-order chi connectivity index (χ1) is 15.4. The van der Waals surface area contributed by atoms with Crippen LogP contribution in [0.15, 0.2) is 72.8 Å². The number of non-ortho nitro benzene ring substituents is 1. The number of hydrogen-bond donors (Lipinski definition) is 2. The van der Waals surface area contributed by atoms with E-state index in [1.165, 1.54) is 24.3 Å². The van der Waals surface area contributed by atoms with Gasteiger partial charge in [-0.25, -0.2) is 0 Å². The zero-order valence-electron chi connectivity index (χ0n) is 16.9. The molecular formula is C24H20N2O6. The molecule has 0 radical (unpaired) electrons. The highest BCUT2D eigenvalue weighted by molar-refractivity contribution is 5.95. The second-order valence-electron chi connectivity index (χ2n) is 7.55. The number of rotatable bonds is 7. The zero-order valence-corrected chi connectivity index (χ0v) is 16.9. The SMILES string of the molecule is NC(c1ccc([N+](=O)[O-])cc1)[C@H](C(=O)O)C(=O)OCC1c2ccccc2-c2ccccc21. The van der Waals surface area contributed by atoms with E-state index in [1.54, 1.807) is 0 Å². The fraction of sp³-hybridized carbons (Fsp3) is 0.167. The molecule has 0 aromatic heterocycles. The third-order valence-electron chi connectivity index (χ3n) is 5.72. The molecule has 0 bridgehead atoms. The number of esters is 1. The number of benzene rings is 3. The number of carbonyl (C=O) groups excluding carboxylic acids is 1. The van der Waals surface area contributed by atoms with Crippen LogP contribution in [-0.2, 0) is 14.3 Å². The number of ether oxygens (including phenoxy) is 1. The third kappa shape index (κ3) is 3.83. The first-order valence-corrected chi connectivity index (χ1v) is 9.96. The Kier molecular flexibility index (Phi) is 5.70. The van der Waals surface area contributed by atoms with Gasteiger partial charge in [0.2, 0.25) is 0 Å². The second kappa shape index (κ2) is 8.60. The minimum Gasteiger partial charge on any atom is -0.481 e. The smallest absolute Gasteiger partial charge is 0.322 e. The van der Waals surface area contributed by atoms with E-state index in [2.05, 4.69) is 0 Å². The molecule has 8 heteroatoms. The van der Waals surface area contributed by atoms with Crippen molar-refractivity contribution in [2.45, 2.75) is 12.0 Å². The van der Waals surface area contributed by atoms with Crippen LogP contribution in [0.2, 0.25) is 0 Å². The lowest BCUT2D eigenvalue weighted by molar-refractivity contribution is -0.384. The maximum atomic E-state index is 12.8. The van der Waals surface area contributed by atoms with Gasteiger partial charge in [-0.15, -0.1) is 0 Å². The average molecular weight is 432 g/mol. The molecule has 1 aliphatic rings. The number of carboxylic acids is 1. The molecule has 3 aromatic carbocycles. The molecular weight excluding hydrogens is 412 g/mol. The Labute approximate surface area is 183 Å². The van der Waals surface area contributed by atoms with Gasteiger partial charge in [0.05, 0.1) is 11.0 Å². The summed E-state index contributed by atoms with van der Waals surface area (Å²) >= 11 is 0. The summed E-state index contributed by atoms with van der Waals surface area (Å²) < 4.78 is 5.46. The highest BCUT2D eigenvalue weighted by atomic mass is 16.6. The molecule has 0 spiro atoms. The van der Waals surface area contributed by atoms with Gasteiger partial charge in [0, 0.05) is 18.1 Å². The van der Waals surface area contributed by atoms with Gasteiger partial charge in [0.25, 0.3) is 5.69 Å². The minimum absolute atomic E-state index is 0.0242. The molecule has 1 unspecified atom stereocenters. The summed E-state index contributed by atoms with van der Waals surface area (Å²) in [6.07, 6.45) is 0. The number of carboxylic acid groups (broad SMARTS) is 1. The summed E-state index contributed by atoms with van der Waals surface area (Å²) in [6, 6.07) is 19.5. The van der Waals surface area contributed by atoms with Crippen LogP contribution >= 0.6 is 0 Å². The maximum Gasteiger partial charge on any atom is 0.322 e. The first-order valence-electron chi connectivity index (χ1n) is 9.96. The van der Waals surface area contributed by atoms with Crippen molar-refractivity contribution in [3.63, 3.8) is 0 Å². The van der Waals surface area contributed by atoms with Crippen molar-refractivity contribution in [1.29, 1.82) is 0 Å². The monoisotopic (exact) mass is 432 g/mol. The summed E-state index contributed by atoms with van der Waals surface area (Å²) in [7, 11) is 0. The number of nitrogens with two attached hydrogens (primary N) is 1. The minimum atomic E-state index is -1.65. The van der Waals surface area contributed by atoms with Gasteiger partial charge in [0.1, 0.15) is 6.61 Å². The highest BCUT2D eigenvalue weighted by Crippen LogP contribution is 2.44. The van der Waals surface area contributed by atoms with Crippen molar-refractivity contribution in [3.8, 4) is 11.1 Å². The molecule has 32 heavy (non-hydrogen) atoms. The lowest BCUT2D eigenvalue weighted by Crippen LogP contribution is -2.36. The zero-order chi connectivity index (χ0) is 22.8. The van der Waals surface area contributed by atoms with Gasteiger partial charge in [-0.3, -0.25) is 19.7 Å². The summed E-state index contributed by atoms with van der Waals surface area (Å²) in [5, 5.41) is 20.5. The topological polar surface area (TPSA) is 133 Å². The van der Waals surface area contributed by atoms with E-state index in [4.69, 9.17) is 10.5 Å². The summed E-state index contributed by atoms with van der Waals surface area (Å²) in [5.74, 6) is -4.24. The molecule has 4 rings (SSSR count). The standard InChI is InChI=1S/C24H20N2O6/c25-22(14-9-11-15(12-10-14)26(30)31)21(23(27)28)24(29)32-13-20-18-7-3-1-5-16(18)17-6-2-4-8-19(17)20/h1-12,20-22H,13,25H2,(H,27,28)/t21-,22?/m1/s1. The van der Waals surface area contributed by atoms with Crippen LogP contribution in [0.5, 0.6) is 0 Å². The van der Waals surface area contributed by atoms with E-state index in [1.807, 2.05) is 48.5 Å². The van der Waals surface area contributed by atoms with Crippen LogP contribution in [0, 0.1) is 16.0 Å². The second-order valence-corrected chi connectivity index (χ2v) is 7.55. The molecule has 0 saturated heterocycles. The van der Waals surface area contributed by atoms with Crippen LogP contribution in [0.4, 0.5) is 5.69 Å². The Balaban J connectivity index is 1.53. The first kappa shape index (κ1) is 21.2. The predicted octanol–water partition coefficient (Wildman–Crippen LogP) is 3.65. The van der Waals surface area contributed by atoms with Crippen LogP contribution in [0.1, 0.15) is 28.7 Å². The molecule has 0 saturated carbocycles. The average Bonchev–Trinajstić information content (AvgIpc) is 3.11. The van der Waals surface area contributed by atoms with Crippen molar-refractivity contribution < 1.29 is 24.4 Å². The molecule has 8 nitrogen and oxygen atoms in total. The number of aliphatic carboxylic acids is 1. The van der Waals surface area contributed by atoms with Crippen molar-refractivity contribution in [2.75, 3.05) is 6.61 Å². The highest BCUT2D eigenvalue weighted by Gasteiger charge is 2.37. The Morgan fingerprint density at radius 1 is 0.969 bits per heavy atom. The summed E-state index contributed by atoms with van der Waals surface area (Å²) in [6.45, 7) is -0.0242. The van der Waals surface area contributed by atoms with E-state index < -0.39 is 28.8 Å². The van der Waals surface area contributed by atoms with Gasteiger partial charge in [-0.1, -0.05) is 60.7 Å². The lowest BCUT2D eigenvalue weighted by Gasteiger charge is -2.21. The van der Waals surface area contributed by atoms with Gasteiger partial charge < -0.3 is 15.6 Å². The molecule has 3 N–H and O–H groups in total. The summed E-state index contributed by atoms with van der Waals surface area (Å²) in [5.41, 5.74) is 10.3. The molecule has 0 aliphatic heterocycles. The van der Waals surface area contributed by atoms with Gasteiger partial charge >= 0.3 is 11.9 Å². The number of nitro benzene ring substituents is 1. The van der Waals surface area contributed by atoms with Gasteiger partial charge in [-0.2, -0.15) is 0 Å². The van der Waals surface area contributed by atoms with E-state index in [0.717, 1.165) is 22.3 Å². The van der Waals surface area contributed by atoms with Gasteiger partial charge in [-0.05, 0) is 27.8 Å². The number of carbonyl (C=O) groups is 2. The van der Waals surface area contributed by atoms with Crippen molar-refractivity contribution in [2.24, 2.45) is 11.7 Å². The Hall–Kier alpha value is -4.04. The number of nitrogens with zero attached hydrogens (tertiary/aromatic N) is 1. The van der Waals surface area contributed by atoms with Crippen molar-refractivity contribution in [3.05, 3.63) is 99.6 Å². The van der Waals surface area contributed by atoms with Crippen LogP contribution in [0.25, 0.3) is 11.1 Å². The maximum absolute atomic E-state index is 12.8. The quantitative estimate of drug-likeness (QED) is 0.252. The van der Waals surface area contributed by atoms with Crippen LogP contribution < -0.4 is 5.73 Å². The lowest BCUT2D eigenvalue weighted by atomic mass is 9.93. The molecule has 0 fully saturated rings. The molecule has 1 aliphatic carbocycles. The normalized spacial score (nSPS) is 14.2. The Morgan fingerprint density at radius 2 is 1.50 bits per heavy atom. The van der Waals surface area contributed by atoms with Crippen molar-refractivity contribution >= 4 is 17.6 Å². The van der Waals surface area contributed by atoms with Crippen LogP contribution in [-0.4, -0.2) is 28.6 Å². The van der Waals surface area contributed by atoms with E-state index in [0.29, 0.717) is 0 Å². The fourth-order valence-electron chi connectivity index (χ4n) is 4.11. The molecule has 3 aromatic rings. The fourth-order valence-corrected chi connectivity index (χ4v) is 4.11. The predicted molar refractivity (Wildman–Crippen MR) is 116 cm³/mol. The van der Waals surface area contributed by atoms with E-state index >= 15 is 0 Å². The van der Waals surface area contributed by atoms with Crippen molar-refractivity contribution in [1.82, 2.24) is 0 Å². The molecule has 2 atom stereocenters. The Morgan fingerprint density at radius 3 is 2.00 bits per heavy atom. The number of fused-ring (bicyclic) bond motifs is 3. The third-order valence-corrected chi connectivity index (χ3v) is 5.72. The van der Waals surface area contributed by atoms with E-state index in [-0.39, 0.29) is 23.8 Å². The summed E-state index contributed by atoms with van der Waals surface area (Å²) in [4.78, 5) is 34.8. The van der Waals surface area contributed by atoms with E-state index in [9.17, 15) is 24.8 Å². The molecule has 162 valence electrons. The largest absolute Gasteiger partial charge is 0.481 e. The number of nitro groups is 1. The number of hydrogen-bond acceptors (Lipinski definition) is 6. The molecule has 0 amide bonds. The Bertz CT molecular complexity index is 1150. The van der Waals surface area contributed by atoms with Gasteiger partial charge in [0.15, 0.2) is 5.92 Å².